The van der Waals surface area contributed by atoms with Gasteiger partial charge in [0.1, 0.15) is 5.82 Å². The van der Waals surface area contributed by atoms with Gasteiger partial charge in [0.15, 0.2) is 0 Å². The van der Waals surface area contributed by atoms with E-state index in [9.17, 15) is 5.26 Å². The molecular weight excluding hydrogens is 394 g/mol. The highest BCUT2D eigenvalue weighted by Crippen LogP contribution is 2.30. The molecule has 0 bridgehead atoms. The largest absolute Gasteiger partial charge is 0.369 e. The molecule has 1 aliphatic rings. The van der Waals surface area contributed by atoms with Crippen molar-refractivity contribution in [3.63, 3.8) is 0 Å². The zero-order valence-corrected chi connectivity index (χ0v) is 19.2. The smallest absolute Gasteiger partial charge is 0.130 e. The molecule has 5 heteroatoms. The van der Waals surface area contributed by atoms with Gasteiger partial charge in [-0.25, -0.2) is 4.98 Å². The Hall–Kier alpha value is -3.36. The molecule has 4 rings (SSSR count). The fourth-order valence-electron chi connectivity index (χ4n) is 4.34. The van der Waals surface area contributed by atoms with Crippen LogP contribution in [0.1, 0.15) is 30.5 Å². The Bertz CT molecular complexity index is 1120. The molecule has 2 heterocycles. The van der Waals surface area contributed by atoms with Crippen LogP contribution in [0.3, 0.4) is 0 Å². The second kappa shape index (κ2) is 9.84. The molecule has 1 aromatic heterocycles. The van der Waals surface area contributed by atoms with Crippen LogP contribution < -0.4 is 10.2 Å². The average Bonchev–Trinajstić information content (AvgIpc) is 2.84. The van der Waals surface area contributed by atoms with E-state index in [2.05, 4.69) is 71.3 Å². The fraction of sp³-hybridized carbons (Fsp3) is 0.333. The van der Waals surface area contributed by atoms with Crippen molar-refractivity contribution in [2.24, 2.45) is 0 Å². The first kappa shape index (κ1) is 21.9. The summed E-state index contributed by atoms with van der Waals surface area (Å²) in [7, 11) is 2.19. The normalized spacial score (nSPS) is 14.2. The molecule has 0 radical (unpaired) electrons. The highest BCUT2D eigenvalue weighted by molar-refractivity contribution is 5.73. The number of anilines is 3. The highest BCUT2D eigenvalue weighted by Gasteiger charge is 2.17. The molecular formula is C27H31N5. The van der Waals surface area contributed by atoms with Crippen LogP contribution >= 0.6 is 0 Å². The number of likely N-dealkylation sites (N-methyl/N-ethyl adjacent to an activating group) is 1. The fourth-order valence-corrected chi connectivity index (χ4v) is 4.34. The van der Waals surface area contributed by atoms with Gasteiger partial charge in [0.2, 0.25) is 0 Å². The van der Waals surface area contributed by atoms with E-state index in [-0.39, 0.29) is 0 Å². The average molecular weight is 426 g/mol. The zero-order chi connectivity index (χ0) is 22.5. The van der Waals surface area contributed by atoms with Crippen LogP contribution in [0.15, 0.2) is 54.7 Å². The molecule has 3 aromatic rings. The highest BCUT2D eigenvalue weighted by atomic mass is 15.2. The van der Waals surface area contributed by atoms with Gasteiger partial charge >= 0.3 is 0 Å². The quantitative estimate of drug-likeness (QED) is 0.585. The Morgan fingerprint density at radius 1 is 0.938 bits per heavy atom. The summed E-state index contributed by atoms with van der Waals surface area (Å²) in [5, 5.41) is 12.8. The summed E-state index contributed by atoms with van der Waals surface area (Å²) < 4.78 is 0. The number of pyridine rings is 1. The second-order valence-corrected chi connectivity index (χ2v) is 8.38. The summed E-state index contributed by atoms with van der Waals surface area (Å²) in [4.78, 5) is 9.42. The lowest BCUT2D eigenvalue weighted by Gasteiger charge is -2.35. The topological polar surface area (TPSA) is 55.2 Å². The minimum Gasteiger partial charge on any atom is -0.369 e. The number of nitriles is 1. The Kier molecular flexibility index (Phi) is 6.72. The first-order valence-electron chi connectivity index (χ1n) is 11.4. The Balaban J connectivity index is 1.59. The summed E-state index contributed by atoms with van der Waals surface area (Å²) in [5.74, 6) is 0.807. The van der Waals surface area contributed by atoms with Gasteiger partial charge < -0.3 is 15.1 Å². The maximum absolute atomic E-state index is 9.32. The number of hydrogen-bond donors (Lipinski definition) is 1. The first-order chi connectivity index (χ1) is 15.6. The number of piperazine rings is 1. The lowest BCUT2D eigenvalue weighted by atomic mass is 9.96. The van der Waals surface area contributed by atoms with Crippen LogP contribution in [0.2, 0.25) is 0 Å². The molecule has 1 fully saturated rings. The molecule has 0 spiro atoms. The van der Waals surface area contributed by atoms with Crippen molar-refractivity contribution in [2.75, 3.05) is 43.4 Å². The number of nitrogens with zero attached hydrogens (tertiary/aromatic N) is 4. The third-order valence-corrected chi connectivity index (χ3v) is 6.27. The van der Waals surface area contributed by atoms with E-state index < -0.39 is 0 Å². The minimum absolute atomic E-state index is 0.676. The second-order valence-electron chi connectivity index (χ2n) is 8.38. The molecule has 0 atom stereocenters. The zero-order valence-electron chi connectivity index (χ0n) is 19.2. The van der Waals surface area contributed by atoms with Crippen LogP contribution in [-0.4, -0.2) is 43.1 Å². The monoisotopic (exact) mass is 425 g/mol. The number of hydrogen-bond acceptors (Lipinski definition) is 5. The van der Waals surface area contributed by atoms with Gasteiger partial charge in [-0.15, -0.1) is 0 Å². The summed E-state index contributed by atoms with van der Waals surface area (Å²) in [6.07, 6.45) is 3.74. The molecule has 2 aromatic carbocycles. The molecule has 32 heavy (non-hydrogen) atoms. The van der Waals surface area contributed by atoms with Crippen molar-refractivity contribution < 1.29 is 0 Å². The van der Waals surface area contributed by atoms with Gasteiger partial charge in [0.25, 0.3) is 0 Å². The third-order valence-electron chi connectivity index (χ3n) is 6.27. The van der Waals surface area contributed by atoms with Crippen LogP contribution in [0.4, 0.5) is 17.2 Å². The maximum Gasteiger partial charge on any atom is 0.130 e. The van der Waals surface area contributed by atoms with Gasteiger partial charge in [-0.05, 0) is 84.6 Å². The van der Waals surface area contributed by atoms with E-state index in [0.717, 1.165) is 61.7 Å². The van der Waals surface area contributed by atoms with Crippen LogP contribution in [0.5, 0.6) is 0 Å². The summed E-state index contributed by atoms with van der Waals surface area (Å²) >= 11 is 0. The van der Waals surface area contributed by atoms with E-state index in [1.165, 1.54) is 16.8 Å². The number of benzene rings is 2. The van der Waals surface area contributed by atoms with Crippen molar-refractivity contribution in [1.29, 1.82) is 5.26 Å². The molecule has 0 amide bonds. The Morgan fingerprint density at radius 2 is 1.72 bits per heavy atom. The third kappa shape index (κ3) is 4.76. The number of aryl methyl sites for hydroxylation is 2. The van der Waals surface area contributed by atoms with Crippen molar-refractivity contribution in [2.45, 2.75) is 26.7 Å². The predicted molar refractivity (Wildman–Crippen MR) is 133 cm³/mol. The SMILES string of the molecule is CCc1ccc(C#N)cc1-c1ccnc(Nc2ccc(N3CCN(C)CC3)c(CC)c2)c1. The van der Waals surface area contributed by atoms with Gasteiger partial charge in [-0.1, -0.05) is 19.9 Å². The van der Waals surface area contributed by atoms with Crippen LogP contribution in [-0.2, 0) is 12.8 Å². The molecule has 0 saturated carbocycles. The van der Waals surface area contributed by atoms with Crippen molar-refractivity contribution in [3.8, 4) is 17.2 Å². The lowest BCUT2D eigenvalue weighted by molar-refractivity contribution is 0.312. The van der Waals surface area contributed by atoms with E-state index in [0.29, 0.717) is 5.56 Å². The summed E-state index contributed by atoms with van der Waals surface area (Å²) in [6.45, 7) is 8.70. The molecule has 1 saturated heterocycles. The number of rotatable bonds is 6. The van der Waals surface area contributed by atoms with Crippen molar-refractivity contribution >= 4 is 17.2 Å². The maximum atomic E-state index is 9.32. The van der Waals surface area contributed by atoms with E-state index in [1.807, 2.05) is 30.5 Å². The standard InChI is InChI=1S/C27H31N5/c1-4-21-7-6-20(19-28)16-25(21)23-10-11-29-27(18-23)30-24-8-9-26(22(5-2)17-24)32-14-12-31(3)13-15-32/h6-11,16-18H,4-5,12-15H2,1-3H3,(H,29,30). The van der Waals surface area contributed by atoms with E-state index >= 15 is 0 Å². The van der Waals surface area contributed by atoms with Gasteiger partial charge in [0.05, 0.1) is 11.6 Å². The number of nitrogens with one attached hydrogen (secondary N) is 1. The van der Waals surface area contributed by atoms with E-state index in [4.69, 9.17) is 0 Å². The lowest BCUT2D eigenvalue weighted by Crippen LogP contribution is -2.44. The summed E-state index contributed by atoms with van der Waals surface area (Å²) in [6, 6.07) is 18.9. The molecule has 1 N–H and O–H groups in total. The van der Waals surface area contributed by atoms with Crippen LogP contribution in [0, 0.1) is 11.3 Å². The van der Waals surface area contributed by atoms with Crippen LogP contribution in [0.25, 0.3) is 11.1 Å². The minimum atomic E-state index is 0.676. The predicted octanol–water partition coefficient (Wildman–Crippen LogP) is 5.24. The Labute approximate surface area is 191 Å². The summed E-state index contributed by atoms with van der Waals surface area (Å²) in [5.41, 5.74) is 7.81. The van der Waals surface area contributed by atoms with Crippen molar-refractivity contribution in [3.05, 3.63) is 71.4 Å². The molecule has 1 aliphatic heterocycles. The Morgan fingerprint density at radius 3 is 2.44 bits per heavy atom. The van der Waals surface area contributed by atoms with Gasteiger partial charge in [-0.3, -0.25) is 0 Å². The molecule has 164 valence electrons. The van der Waals surface area contributed by atoms with Gasteiger partial charge in [0, 0.05) is 43.8 Å². The molecule has 0 unspecified atom stereocenters. The number of aromatic nitrogens is 1. The van der Waals surface area contributed by atoms with E-state index in [1.54, 1.807) is 0 Å². The first-order valence-corrected chi connectivity index (χ1v) is 11.4. The van der Waals surface area contributed by atoms with Crippen molar-refractivity contribution in [1.82, 2.24) is 9.88 Å². The molecule has 0 aliphatic carbocycles. The molecule has 5 nitrogen and oxygen atoms in total. The van der Waals surface area contributed by atoms with Gasteiger partial charge in [-0.2, -0.15) is 5.26 Å².